The Morgan fingerprint density at radius 3 is 1.33 bits per heavy atom. The van der Waals surface area contributed by atoms with E-state index in [0.29, 0.717) is 50.5 Å². The van der Waals surface area contributed by atoms with E-state index < -0.39 is 64.5 Å². The van der Waals surface area contributed by atoms with Gasteiger partial charge in [-0.1, -0.05) is 72.3 Å². The SMILES string of the molecule is O=C(Cn1nc(-c2ccccc2)c(C(F)(F)F)c1C(F)(F)F)N1CCN(c2ccc(F)cc2)CC1.O=C(Cn1nc(C(F)(F)F)c(Cl)c1-c1ccccc1)N1CCN(c2ccc(F)cc2)CC1. The zero-order chi connectivity index (χ0) is 48.3. The van der Waals surface area contributed by atoms with Gasteiger partial charge >= 0.3 is 18.5 Å². The molecule has 0 unspecified atom stereocenters. The quantitative estimate of drug-likeness (QED) is 0.141. The van der Waals surface area contributed by atoms with Gasteiger partial charge in [-0.25, -0.2) is 13.5 Å². The second-order valence-electron chi connectivity index (χ2n) is 15.3. The zero-order valence-electron chi connectivity index (χ0n) is 34.9. The largest absolute Gasteiger partial charge is 0.436 e. The summed E-state index contributed by atoms with van der Waals surface area (Å²) in [5, 5.41) is 6.70. The van der Waals surface area contributed by atoms with E-state index >= 15 is 0 Å². The summed E-state index contributed by atoms with van der Waals surface area (Å²) < 4.78 is 150. The highest BCUT2D eigenvalue weighted by Gasteiger charge is 2.50. The Morgan fingerprint density at radius 2 is 0.925 bits per heavy atom. The molecule has 0 spiro atoms. The highest BCUT2D eigenvalue weighted by Crippen LogP contribution is 2.45. The lowest BCUT2D eigenvalue weighted by Gasteiger charge is -2.36. The Morgan fingerprint density at radius 1 is 0.507 bits per heavy atom. The van der Waals surface area contributed by atoms with Gasteiger partial charge in [0, 0.05) is 74.9 Å². The van der Waals surface area contributed by atoms with Gasteiger partial charge < -0.3 is 19.6 Å². The minimum Gasteiger partial charge on any atom is -0.368 e. The number of alkyl halides is 9. The lowest BCUT2D eigenvalue weighted by atomic mass is 10.1. The predicted octanol–water partition coefficient (Wildman–Crippen LogP) is 9.79. The van der Waals surface area contributed by atoms with Crippen LogP contribution in [0.4, 0.5) is 59.7 Å². The molecule has 2 saturated heterocycles. The third-order valence-electron chi connectivity index (χ3n) is 11.0. The number of halogens is 12. The monoisotopic (exact) mass is 966 g/mol. The molecule has 2 aliphatic rings. The summed E-state index contributed by atoms with van der Waals surface area (Å²) >= 11 is 6.05. The van der Waals surface area contributed by atoms with Crippen molar-refractivity contribution in [2.45, 2.75) is 31.6 Å². The molecular formula is C45H38ClF11N8O2. The van der Waals surface area contributed by atoms with Crippen molar-refractivity contribution in [3.8, 4) is 22.5 Å². The second-order valence-corrected chi connectivity index (χ2v) is 15.7. The number of benzene rings is 4. The molecule has 67 heavy (non-hydrogen) atoms. The number of amides is 2. The molecule has 4 aromatic carbocycles. The minimum absolute atomic E-state index is 0.0536. The van der Waals surface area contributed by atoms with Crippen LogP contribution in [0, 0.1) is 11.6 Å². The summed E-state index contributed by atoms with van der Waals surface area (Å²) in [5.41, 5.74) is -4.14. The van der Waals surface area contributed by atoms with Crippen LogP contribution in [0.25, 0.3) is 22.5 Å². The first-order valence-corrected chi connectivity index (χ1v) is 20.8. The second kappa shape index (κ2) is 19.7. The zero-order valence-corrected chi connectivity index (χ0v) is 35.6. The number of nitrogens with zero attached hydrogens (tertiary/aromatic N) is 8. The molecule has 0 saturated carbocycles. The molecule has 2 aromatic heterocycles. The van der Waals surface area contributed by atoms with Crippen molar-refractivity contribution in [3.63, 3.8) is 0 Å². The van der Waals surface area contributed by atoms with Crippen LogP contribution in [0.1, 0.15) is 17.0 Å². The Bertz CT molecular complexity index is 2640. The normalized spacial score (nSPS) is 14.8. The molecule has 6 aromatic rings. The first-order chi connectivity index (χ1) is 31.7. The maximum Gasteiger partial charge on any atom is 0.436 e. The van der Waals surface area contributed by atoms with E-state index in [0.717, 1.165) is 10.4 Å². The van der Waals surface area contributed by atoms with E-state index in [1.807, 2.05) is 9.80 Å². The molecule has 354 valence electrons. The average Bonchev–Trinajstić information content (AvgIpc) is 3.86. The van der Waals surface area contributed by atoms with Crippen LogP contribution < -0.4 is 9.80 Å². The van der Waals surface area contributed by atoms with Crippen LogP contribution in [0.2, 0.25) is 5.02 Å². The van der Waals surface area contributed by atoms with E-state index in [4.69, 9.17) is 11.6 Å². The van der Waals surface area contributed by atoms with Crippen LogP contribution in [0.15, 0.2) is 109 Å². The van der Waals surface area contributed by atoms with Gasteiger partial charge in [0.25, 0.3) is 0 Å². The van der Waals surface area contributed by atoms with Crippen molar-refractivity contribution in [1.29, 1.82) is 0 Å². The summed E-state index contributed by atoms with van der Waals surface area (Å²) in [6.45, 7) is 1.38. The van der Waals surface area contributed by atoms with Crippen LogP contribution in [-0.2, 0) is 41.2 Å². The molecule has 2 fully saturated rings. The molecular weight excluding hydrogens is 929 g/mol. The van der Waals surface area contributed by atoms with Gasteiger partial charge in [0.15, 0.2) is 11.4 Å². The van der Waals surface area contributed by atoms with Crippen LogP contribution >= 0.6 is 11.6 Å². The standard InChI is InChI=1S/C23H19F7N4O.C22H19ClF4N4O/c24-16-6-8-17(9-7-16)32-10-12-33(13-11-32)18(35)14-34-21(23(28,29)30)19(22(25,26)27)20(31-34)15-4-2-1-3-5-15;23-19-20(15-4-2-1-3-5-15)31(28-21(19)22(25,26)27)14-18(32)30-12-10-29(11-13-30)17-8-6-16(24)7-9-17/h1-9H,10-14H2;1-9H,10-14H2. The van der Waals surface area contributed by atoms with Gasteiger partial charge in [-0.2, -0.15) is 49.7 Å². The van der Waals surface area contributed by atoms with Crippen LogP contribution in [0.3, 0.4) is 0 Å². The van der Waals surface area contributed by atoms with Crippen molar-refractivity contribution in [2.24, 2.45) is 0 Å². The molecule has 2 aliphatic heterocycles. The minimum atomic E-state index is -5.40. The molecule has 22 heteroatoms. The number of anilines is 2. The van der Waals surface area contributed by atoms with Gasteiger partial charge in [0.2, 0.25) is 11.8 Å². The average molecular weight is 967 g/mol. The van der Waals surface area contributed by atoms with Crippen molar-refractivity contribution >= 4 is 34.8 Å². The maximum atomic E-state index is 13.8. The van der Waals surface area contributed by atoms with E-state index in [9.17, 15) is 57.9 Å². The third kappa shape index (κ3) is 11.3. The number of hydrogen-bond acceptors (Lipinski definition) is 6. The topological polar surface area (TPSA) is 82.7 Å². The Kier molecular flexibility index (Phi) is 14.2. The molecule has 2 amide bonds. The van der Waals surface area contributed by atoms with Gasteiger partial charge in [-0.15, -0.1) is 0 Å². The molecule has 0 atom stereocenters. The van der Waals surface area contributed by atoms with Crippen molar-refractivity contribution < 1.29 is 57.9 Å². The first kappa shape index (κ1) is 48.3. The number of aromatic nitrogens is 4. The lowest BCUT2D eigenvalue weighted by Crippen LogP contribution is -2.49. The molecule has 0 radical (unpaired) electrons. The van der Waals surface area contributed by atoms with Crippen LogP contribution in [0.5, 0.6) is 0 Å². The van der Waals surface area contributed by atoms with Crippen molar-refractivity contribution in [3.05, 3.63) is 143 Å². The first-order valence-electron chi connectivity index (χ1n) is 20.4. The fourth-order valence-corrected chi connectivity index (χ4v) is 8.08. The smallest absolute Gasteiger partial charge is 0.368 e. The number of piperazine rings is 2. The summed E-state index contributed by atoms with van der Waals surface area (Å²) in [4.78, 5) is 32.4. The van der Waals surface area contributed by atoms with Crippen molar-refractivity contribution in [2.75, 3.05) is 62.2 Å². The fraction of sp³-hybridized carbons (Fsp3) is 0.289. The highest BCUT2D eigenvalue weighted by molar-refractivity contribution is 6.33. The summed E-state index contributed by atoms with van der Waals surface area (Å²) in [5.74, 6) is -1.87. The maximum absolute atomic E-state index is 13.8. The molecule has 0 bridgehead atoms. The lowest BCUT2D eigenvalue weighted by molar-refractivity contribution is -0.166. The highest BCUT2D eigenvalue weighted by atomic mass is 35.5. The summed E-state index contributed by atoms with van der Waals surface area (Å²) in [7, 11) is 0. The Balaban J connectivity index is 0.000000200. The summed E-state index contributed by atoms with van der Waals surface area (Å²) in [6.07, 6.45) is -15.5. The number of carbonyl (C=O) groups excluding carboxylic acids is 2. The predicted molar refractivity (Wildman–Crippen MR) is 226 cm³/mol. The van der Waals surface area contributed by atoms with Gasteiger partial charge in [0.1, 0.15) is 36.0 Å². The molecule has 10 nitrogen and oxygen atoms in total. The number of carbonyl (C=O) groups is 2. The molecule has 0 N–H and O–H groups in total. The summed E-state index contributed by atoms with van der Waals surface area (Å²) in [6, 6.07) is 26.8. The van der Waals surface area contributed by atoms with Crippen molar-refractivity contribution in [1.82, 2.24) is 29.4 Å². The van der Waals surface area contributed by atoms with Gasteiger partial charge in [-0.3, -0.25) is 14.3 Å². The molecule has 4 heterocycles. The fourth-order valence-electron chi connectivity index (χ4n) is 7.73. The molecule has 0 aliphatic carbocycles. The third-order valence-corrected chi connectivity index (χ3v) is 11.3. The van der Waals surface area contributed by atoms with E-state index in [1.54, 1.807) is 59.5 Å². The van der Waals surface area contributed by atoms with Crippen LogP contribution in [-0.4, -0.2) is 93.5 Å². The number of rotatable bonds is 8. The van der Waals surface area contributed by atoms with Gasteiger partial charge in [0.05, 0.1) is 10.7 Å². The van der Waals surface area contributed by atoms with Gasteiger partial charge in [-0.05, 0) is 48.5 Å². The van der Waals surface area contributed by atoms with E-state index in [1.165, 1.54) is 59.5 Å². The van der Waals surface area contributed by atoms with E-state index in [2.05, 4.69) is 10.2 Å². The number of hydrogen-bond donors (Lipinski definition) is 0. The Labute approximate surface area is 380 Å². The van der Waals surface area contributed by atoms with E-state index in [-0.39, 0.29) is 47.3 Å². The Hall–Kier alpha value is -6.64. The molecule has 8 rings (SSSR count).